The van der Waals surface area contributed by atoms with Gasteiger partial charge in [-0.25, -0.2) is 0 Å². The molecule has 2 N–H and O–H groups in total. The van der Waals surface area contributed by atoms with Gasteiger partial charge in [0.25, 0.3) is 0 Å². The second-order valence-corrected chi connectivity index (χ2v) is 7.34. The zero-order valence-electron chi connectivity index (χ0n) is 16.7. The highest BCUT2D eigenvalue weighted by Gasteiger charge is 2.09. The van der Waals surface area contributed by atoms with E-state index in [2.05, 4.69) is 27.2 Å². The van der Waals surface area contributed by atoms with Gasteiger partial charge in [-0.2, -0.15) is 5.10 Å². The molecule has 7 heteroatoms. The summed E-state index contributed by atoms with van der Waals surface area (Å²) in [6.45, 7) is 1.55. The van der Waals surface area contributed by atoms with Crippen LogP contribution in [-0.4, -0.2) is 50.6 Å². The third kappa shape index (κ3) is 7.62. The maximum absolute atomic E-state index is 5.94. The zero-order chi connectivity index (χ0) is 20.2. The van der Waals surface area contributed by atoms with Gasteiger partial charge in [-0.3, -0.25) is 0 Å². The van der Waals surface area contributed by atoms with Gasteiger partial charge in [0, 0.05) is 17.9 Å². The van der Waals surface area contributed by atoms with Gasteiger partial charge in [0.15, 0.2) is 16.7 Å². The lowest BCUT2D eigenvalue weighted by Gasteiger charge is -2.14. The first kappa shape index (κ1) is 21.8. The Bertz CT molecular complexity index is 779. The Balaban J connectivity index is 1.98. The van der Waals surface area contributed by atoms with Crippen LogP contribution in [0.4, 0.5) is 0 Å². The summed E-state index contributed by atoms with van der Waals surface area (Å²) in [5.74, 6) is 2.09. The van der Waals surface area contributed by atoms with Crippen LogP contribution in [-0.2, 0) is 5.75 Å². The van der Waals surface area contributed by atoms with Crippen molar-refractivity contribution < 1.29 is 9.47 Å². The first-order valence-corrected chi connectivity index (χ1v) is 10.1. The number of hydrogen-bond donors (Lipinski definition) is 1. The molecule has 2 rings (SSSR count). The van der Waals surface area contributed by atoms with Gasteiger partial charge in [-0.1, -0.05) is 48.2 Å². The van der Waals surface area contributed by atoms with Crippen molar-refractivity contribution in [2.75, 3.05) is 34.4 Å². The van der Waals surface area contributed by atoms with Gasteiger partial charge >= 0.3 is 0 Å². The zero-order valence-corrected chi connectivity index (χ0v) is 17.5. The topological polar surface area (TPSA) is 72.4 Å². The summed E-state index contributed by atoms with van der Waals surface area (Å²) < 4.78 is 11.4. The van der Waals surface area contributed by atoms with Crippen molar-refractivity contribution in [3.63, 3.8) is 0 Å². The molecule has 0 aliphatic heterocycles. The molecule has 28 heavy (non-hydrogen) atoms. The maximum atomic E-state index is 5.94. The van der Waals surface area contributed by atoms with Crippen LogP contribution >= 0.6 is 11.8 Å². The third-order valence-electron chi connectivity index (χ3n) is 3.81. The second kappa shape index (κ2) is 12.0. The number of thioether (sulfide) groups is 1. The van der Waals surface area contributed by atoms with Crippen molar-refractivity contribution in [2.45, 2.75) is 12.2 Å². The third-order valence-corrected chi connectivity index (χ3v) is 4.66. The van der Waals surface area contributed by atoms with Gasteiger partial charge in [0.1, 0.15) is 0 Å². The minimum Gasteiger partial charge on any atom is -0.493 e. The van der Waals surface area contributed by atoms with E-state index in [9.17, 15) is 0 Å². The molecule has 0 atom stereocenters. The Morgan fingerprint density at radius 1 is 1.14 bits per heavy atom. The monoisotopic (exact) mass is 400 g/mol. The molecule has 0 unspecified atom stereocenters. The summed E-state index contributed by atoms with van der Waals surface area (Å²) in [5.41, 5.74) is 7.94. The van der Waals surface area contributed by atoms with Gasteiger partial charge in [0.05, 0.1) is 19.9 Å². The van der Waals surface area contributed by atoms with E-state index >= 15 is 0 Å². The van der Waals surface area contributed by atoms with E-state index < -0.39 is 0 Å². The highest BCUT2D eigenvalue weighted by Crippen LogP contribution is 2.30. The summed E-state index contributed by atoms with van der Waals surface area (Å²) in [7, 11) is 5.71. The van der Waals surface area contributed by atoms with E-state index in [1.54, 1.807) is 13.3 Å². The van der Waals surface area contributed by atoms with Crippen molar-refractivity contribution in [3.8, 4) is 11.5 Å². The normalized spacial score (nSPS) is 11.9. The van der Waals surface area contributed by atoms with Gasteiger partial charge in [0.2, 0.25) is 0 Å². The number of para-hydroxylation sites is 1. The lowest BCUT2D eigenvalue weighted by atomic mass is 10.2. The fourth-order valence-corrected chi connectivity index (χ4v) is 3.02. The van der Waals surface area contributed by atoms with Crippen molar-refractivity contribution in [1.29, 1.82) is 0 Å². The van der Waals surface area contributed by atoms with E-state index in [4.69, 9.17) is 15.2 Å². The molecule has 0 saturated heterocycles. The van der Waals surface area contributed by atoms with Crippen molar-refractivity contribution >= 4 is 23.1 Å². The quantitative estimate of drug-likeness (QED) is 0.285. The molecule has 0 aliphatic carbocycles. The molecule has 0 radical (unpaired) electrons. The standard InChI is InChI=1S/C21H28N4O2S/c1-25(2)13-8-14-27-20-18(11-7-12-19(20)26-3)15-23-24-21(22)28-16-17-9-5-4-6-10-17/h4-7,9-12,15H,8,13-14,16H2,1-3H3,(H2,22,24). The molecule has 0 heterocycles. The fourth-order valence-electron chi connectivity index (χ4n) is 2.41. The van der Waals surface area contributed by atoms with Crippen LogP contribution in [0.3, 0.4) is 0 Å². The first-order chi connectivity index (χ1) is 13.6. The number of rotatable bonds is 10. The van der Waals surface area contributed by atoms with E-state index in [0.717, 1.165) is 24.3 Å². The molecular formula is C21H28N4O2S. The largest absolute Gasteiger partial charge is 0.493 e. The van der Waals surface area contributed by atoms with Crippen LogP contribution in [0.15, 0.2) is 58.7 Å². The predicted octanol–water partition coefficient (Wildman–Crippen LogP) is 3.61. The molecule has 0 saturated carbocycles. The van der Waals surface area contributed by atoms with Crippen LogP contribution in [0.2, 0.25) is 0 Å². The summed E-state index contributed by atoms with van der Waals surface area (Å²) in [4.78, 5) is 2.12. The number of benzene rings is 2. The number of nitrogens with zero attached hydrogens (tertiary/aromatic N) is 3. The molecule has 150 valence electrons. The smallest absolute Gasteiger partial charge is 0.180 e. The Labute approximate surface area is 171 Å². The minimum absolute atomic E-state index is 0.413. The Morgan fingerprint density at radius 2 is 1.93 bits per heavy atom. The molecule has 2 aromatic rings. The average Bonchev–Trinajstić information content (AvgIpc) is 2.70. The summed E-state index contributed by atoms with van der Waals surface area (Å²) in [6, 6.07) is 15.8. The molecule has 0 bridgehead atoms. The molecule has 0 aliphatic rings. The average molecular weight is 401 g/mol. The fraction of sp³-hybridized carbons (Fsp3) is 0.333. The van der Waals surface area contributed by atoms with Gasteiger partial charge < -0.3 is 20.1 Å². The van der Waals surface area contributed by atoms with Crippen molar-refractivity contribution in [2.24, 2.45) is 15.9 Å². The highest BCUT2D eigenvalue weighted by molar-refractivity contribution is 8.13. The summed E-state index contributed by atoms with van der Waals surface area (Å²) in [6.07, 6.45) is 2.56. The molecule has 0 amide bonds. The van der Waals surface area contributed by atoms with Crippen LogP contribution in [0.1, 0.15) is 17.5 Å². The van der Waals surface area contributed by atoms with Crippen LogP contribution in [0.5, 0.6) is 11.5 Å². The van der Waals surface area contributed by atoms with Crippen molar-refractivity contribution in [1.82, 2.24) is 4.90 Å². The SMILES string of the molecule is COc1cccc(C=NN=C(N)SCc2ccccc2)c1OCCCN(C)C. The van der Waals surface area contributed by atoms with E-state index in [-0.39, 0.29) is 0 Å². The summed E-state index contributed by atoms with van der Waals surface area (Å²) >= 11 is 1.45. The highest BCUT2D eigenvalue weighted by atomic mass is 32.2. The molecular weight excluding hydrogens is 372 g/mol. The van der Waals surface area contributed by atoms with Gasteiger partial charge in [-0.05, 0) is 38.2 Å². The Morgan fingerprint density at radius 3 is 2.64 bits per heavy atom. The second-order valence-electron chi connectivity index (χ2n) is 6.34. The summed E-state index contributed by atoms with van der Waals surface area (Å²) in [5, 5.41) is 8.61. The Kier molecular flexibility index (Phi) is 9.37. The molecule has 6 nitrogen and oxygen atoms in total. The van der Waals surface area contributed by atoms with Crippen molar-refractivity contribution in [3.05, 3.63) is 59.7 Å². The molecule has 0 aromatic heterocycles. The van der Waals surface area contributed by atoms with E-state index in [1.165, 1.54) is 17.3 Å². The predicted molar refractivity (Wildman–Crippen MR) is 119 cm³/mol. The van der Waals surface area contributed by atoms with Crippen LogP contribution in [0.25, 0.3) is 0 Å². The molecule has 0 spiro atoms. The maximum Gasteiger partial charge on any atom is 0.180 e. The number of methoxy groups -OCH3 is 1. The van der Waals surface area contributed by atoms with Crippen LogP contribution < -0.4 is 15.2 Å². The Hall–Kier alpha value is -2.51. The first-order valence-electron chi connectivity index (χ1n) is 9.08. The number of ether oxygens (including phenoxy) is 2. The lowest BCUT2D eigenvalue weighted by molar-refractivity contribution is 0.268. The molecule has 0 fully saturated rings. The molecule has 2 aromatic carbocycles. The van der Waals surface area contributed by atoms with E-state index in [1.807, 2.05) is 50.5 Å². The van der Waals surface area contributed by atoms with E-state index in [0.29, 0.717) is 23.3 Å². The number of hydrogen-bond acceptors (Lipinski definition) is 6. The minimum atomic E-state index is 0.413. The lowest BCUT2D eigenvalue weighted by Crippen LogP contribution is -2.16. The van der Waals surface area contributed by atoms with Gasteiger partial charge in [-0.15, -0.1) is 5.10 Å². The number of amidine groups is 1. The number of nitrogens with two attached hydrogens (primary N) is 1. The van der Waals surface area contributed by atoms with Crippen LogP contribution in [0, 0.1) is 0 Å².